The highest BCUT2D eigenvalue weighted by atomic mass is 16.4. The van der Waals surface area contributed by atoms with Crippen molar-refractivity contribution in [3.8, 4) is 22.6 Å². The lowest BCUT2D eigenvalue weighted by Crippen LogP contribution is -2.01. The number of carboxylic acid groups (broad SMARTS) is 2. The van der Waals surface area contributed by atoms with Gasteiger partial charge in [0.15, 0.2) is 5.76 Å². The van der Waals surface area contributed by atoms with Gasteiger partial charge in [0.25, 0.3) is 0 Å². The van der Waals surface area contributed by atoms with Gasteiger partial charge in [0.1, 0.15) is 11.3 Å². The van der Waals surface area contributed by atoms with Crippen molar-refractivity contribution >= 4 is 23.6 Å². The first kappa shape index (κ1) is 20.8. The van der Waals surface area contributed by atoms with Crippen molar-refractivity contribution in [2.45, 2.75) is 6.42 Å². The molecule has 0 aliphatic rings. The number of hydrogen-bond donors (Lipinski definition) is 2. The van der Waals surface area contributed by atoms with Crippen LogP contribution < -0.4 is 0 Å². The summed E-state index contributed by atoms with van der Waals surface area (Å²) < 4.78 is 5.99. The van der Waals surface area contributed by atoms with E-state index in [9.17, 15) is 14.7 Å². The highest BCUT2D eigenvalue weighted by molar-refractivity contribution is 6.19. The molecule has 0 bridgehead atoms. The van der Waals surface area contributed by atoms with Crippen LogP contribution in [0.1, 0.15) is 17.0 Å². The van der Waals surface area contributed by atoms with Crippen molar-refractivity contribution in [2.24, 2.45) is 0 Å². The van der Waals surface area contributed by atoms with Crippen LogP contribution in [0.4, 0.5) is 0 Å². The van der Waals surface area contributed by atoms with Crippen molar-refractivity contribution in [3.63, 3.8) is 0 Å². The van der Waals surface area contributed by atoms with Crippen molar-refractivity contribution in [1.29, 1.82) is 0 Å². The summed E-state index contributed by atoms with van der Waals surface area (Å²) in [5.74, 6) is -1.72. The Balaban J connectivity index is 1.83. The minimum Gasteiger partial charge on any atom is -0.481 e. The zero-order valence-electron chi connectivity index (χ0n) is 16.9. The molecule has 1 aromatic heterocycles. The average Bonchev–Trinajstić information content (AvgIpc) is 3.23. The smallest absolute Gasteiger partial charge is 0.341 e. The Kier molecular flexibility index (Phi) is 5.94. The molecule has 0 spiro atoms. The van der Waals surface area contributed by atoms with E-state index in [0.29, 0.717) is 22.6 Å². The van der Waals surface area contributed by atoms with E-state index in [1.54, 1.807) is 24.3 Å². The van der Waals surface area contributed by atoms with Gasteiger partial charge in [-0.1, -0.05) is 84.9 Å². The Bertz CT molecular complexity index is 1230. The van der Waals surface area contributed by atoms with E-state index in [1.165, 1.54) is 6.08 Å². The summed E-state index contributed by atoms with van der Waals surface area (Å²) in [5, 5.41) is 18.9. The van der Waals surface area contributed by atoms with Crippen molar-refractivity contribution in [3.05, 3.63) is 102 Å². The van der Waals surface area contributed by atoms with Gasteiger partial charge < -0.3 is 14.6 Å². The third-order valence-electron chi connectivity index (χ3n) is 4.79. The van der Waals surface area contributed by atoms with E-state index in [4.69, 9.17) is 9.52 Å². The number of carboxylic acids is 2. The van der Waals surface area contributed by atoms with Gasteiger partial charge in [-0.05, 0) is 17.2 Å². The van der Waals surface area contributed by atoms with Gasteiger partial charge in [-0.25, -0.2) is 9.78 Å². The highest BCUT2D eigenvalue weighted by Gasteiger charge is 2.22. The summed E-state index contributed by atoms with van der Waals surface area (Å²) in [6.45, 7) is 0. The number of aliphatic carboxylic acids is 2. The highest BCUT2D eigenvalue weighted by Crippen LogP contribution is 2.35. The zero-order chi connectivity index (χ0) is 22.5. The Morgan fingerprint density at radius 2 is 1.50 bits per heavy atom. The molecule has 0 unspecified atom stereocenters. The van der Waals surface area contributed by atoms with Crippen LogP contribution in [-0.4, -0.2) is 27.1 Å². The second-order valence-electron chi connectivity index (χ2n) is 7.11. The van der Waals surface area contributed by atoms with Gasteiger partial charge in [-0.15, -0.1) is 0 Å². The number of benzene rings is 3. The van der Waals surface area contributed by atoms with Crippen LogP contribution in [0.2, 0.25) is 0 Å². The fourth-order valence-corrected chi connectivity index (χ4v) is 3.36. The standard InChI is InChI=1S/C26H19NO5/c28-22(29)16-18-9-7-8-17(14-18)15-21(26(30)31)25-27-23(19-10-3-1-4-11-19)24(32-25)20-12-5-2-6-13-20/h1-15H,16H2,(H,28,29)(H,30,31)/b21-15-. The minimum absolute atomic E-state index is 0.0288. The quantitative estimate of drug-likeness (QED) is 0.392. The predicted molar refractivity (Wildman–Crippen MR) is 121 cm³/mol. The first-order valence-electron chi connectivity index (χ1n) is 9.89. The van der Waals surface area contributed by atoms with E-state index in [0.717, 1.165) is 11.1 Å². The lowest BCUT2D eigenvalue weighted by Gasteiger charge is -2.02. The normalized spacial score (nSPS) is 11.3. The van der Waals surface area contributed by atoms with E-state index in [-0.39, 0.29) is 17.9 Å². The molecule has 0 aliphatic carbocycles. The van der Waals surface area contributed by atoms with E-state index >= 15 is 0 Å². The van der Waals surface area contributed by atoms with E-state index in [1.807, 2.05) is 60.7 Å². The Morgan fingerprint density at radius 3 is 2.12 bits per heavy atom. The number of hydrogen-bond acceptors (Lipinski definition) is 4. The molecule has 3 aromatic carbocycles. The largest absolute Gasteiger partial charge is 0.481 e. The summed E-state index contributed by atoms with van der Waals surface area (Å²) in [6, 6.07) is 25.5. The summed E-state index contributed by atoms with van der Waals surface area (Å²) in [7, 11) is 0. The van der Waals surface area contributed by atoms with Crippen LogP contribution in [0.25, 0.3) is 34.2 Å². The van der Waals surface area contributed by atoms with E-state index < -0.39 is 11.9 Å². The lowest BCUT2D eigenvalue weighted by molar-refractivity contribution is -0.136. The van der Waals surface area contributed by atoms with Gasteiger partial charge in [0.05, 0.1) is 6.42 Å². The molecule has 0 radical (unpaired) electrons. The van der Waals surface area contributed by atoms with Crippen LogP contribution >= 0.6 is 0 Å². The number of oxazole rings is 1. The molecule has 4 rings (SSSR count). The average molecular weight is 425 g/mol. The number of carbonyl (C=O) groups is 2. The van der Waals surface area contributed by atoms with Crippen LogP contribution in [0.5, 0.6) is 0 Å². The molecule has 0 fully saturated rings. The topological polar surface area (TPSA) is 101 Å². The maximum Gasteiger partial charge on any atom is 0.341 e. The van der Waals surface area contributed by atoms with Gasteiger partial charge in [-0.3, -0.25) is 4.79 Å². The maximum absolute atomic E-state index is 12.1. The van der Waals surface area contributed by atoms with Crippen LogP contribution in [0.3, 0.4) is 0 Å². The molecular formula is C26H19NO5. The van der Waals surface area contributed by atoms with Gasteiger partial charge in [0.2, 0.25) is 5.89 Å². The van der Waals surface area contributed by atoms with Gasteiger partial charge >= 0.3 is 11.9 Å². The molecule has 158 valence electrons. The molecule has 0 saturated heterocycles. The van der Waals surface area contributed by atoms with E-state index in [2.05, 4.69) is 4.98 Å². The predicted octanol–water partition coefficient (Wildman–Crippen LogP) is 5.26. The molecule has 0 saturated carbocycles. The monoisotopic (exact) mass is 425 g/mol. The fourth-order valence-electron chi connectivity index (χ4n) is 3.36. The molecule has 32 heavy (non-hydrogen) atoms. The van der Waals surface area contributed by atoms with Gasteiger partial charge in [0, 0.05) is 11.1 Å². The van der Waals surface area contributed by atoms with Crippen LogP contribution in [-0.2, 0) is 16.0 Å². The maximum atomic E-state index is 12.1. The Hall–Kier alpha value is -4.45. The Morgan fingerprint density at radius 1 is 0.844 bits per heavy atom. The molecular weight excluding hydrogens is 406 g/mol. The molecule has 0 atom stereocenters. The molecule has 2 N–H and O–H groups in total. The second-order valence-corrected chi connectivity index (χ2v) is 7.11. The SMILES string of the molecule is O=C(O)Cc1cccc(/C=C(\C(=O)O)c2nc(-c3ccccc3)c(-c3ccccc3)o2)c1. The van der Waals surface area contributed by atoms with Crippen molar-refractivity contribution in [2.75, 3.05) is 0 Å². The summed E-state index contributed by atoms with van der Waals surface area (Å²) >= 11 is 0. The molecule has 0 amide bonds. The summed E-state index contributed by atoms with van der Waals surface area (Å²) in [4.78, 5) is 27.6. The van der Waals surface area contributed by atoms with Gasteiger partial charge in [-0.2, -0.15) is 0 Å². The molecule has 1 heterocycles. The summed E-state index contributed by atoms with van der Waals surface area (Å²) in [5.41, 5.74) is 3.10. The summed E-state index contributed by atoms with van der Waals surface area (Å²) in [6.07, 6.45) is 1.28. The second kappa shape index (κ2) is 9.14. The number of rotatable bonds is 7. The molecule has 6 heteroatoms. The third kappa shape index (κ3) is 4.65. The first-order chi connectivity index (χ1) is 15.5. The molecule has 6 nitrogen and oxygen atoms in total. The number of aromatic nitrogens is 1. The minimum atomic E-state index is -1.20. The lowest BCUT2D eigenvalue weighted by atomic mass is 10.1. The van der Waals surface area contributed by atoms with Crippen LogP contribution in [0.15, 0.2) is 89.3 Å². The first-order valence-corrected chi connectivity index (χ1v) is 9.89. The van der Waals surface area contributed by atoms with Crippen molar-refractivity contribution in [1.82, 2.24) is 4.98 Å². The molecule has 0 aliphatic heterocycles. The van der Waals surface area contributed by atoms with Crippen molar-refractivity contribution < 1.29 is 24.2 Å². The Labute approximate surface area is 184 Å². The zero-order valence-corrected chi connectivity index (χ0v) is 16.9. The van der Waals surface area contributed by atoms with Crippen LogP contribution in [0, 0.1) is 0 Å². The number of nitrogens with zero attached hydrogens (tertiary/aromatic N) is 1. The fraction of sp³-hybridized carbons (Fsp3) is 0.0385. The third-order valence-corrected chi connectivity index (χ3v) is 4.79. The molecule has 4 aromatic rings.